The molecule has 0 bridgehead atoms. The van der Waals surface area contributed by atoms with E-state index in [2.05, 4.69) is 59.7 Å². The first-order chi connectivity index (χ1) is 7.31. The summed E-state index contributed by atoms with van der Waals surface area (Å²) >= 11 is 0. The van der Waals surface area contributed by atoms with E-state index in [9.17, 15) is 0 Å². The van der Waals surface area contributed by atoms with Gasteiger partial charge in [-0.2, -0.15) is 0 Å². The zero-order valence-electron chi connectivity index (χ0n) is 11.5. The lowest BCUT2D eigenvalue weighted by Gasteiger charge is -2.32. The van der Waals surface area contributed by atoms with Gasteiger partial charge in [0.2, 0.25) is 0 Å². The highest BCUT2D eigenvalue weighted by Crippen LogP contribution is 2.53. The molecular weight excluding hydrogens is 192 g/mol. The van der Waals surface area contributed by atoms with Gasteiger partial charge < -0.3 is 0 Å². The molecule has 1 atom stereocenters. The van der Waals surface area contributed by atoms with Crippen LogP contribution in [0.2, 0.25) is 0 Å². The first kappa shape index (κ1) is 11.7. The summed E-state index contributed by atoms with van der Waals surface area (Å²) in [6.07, 6.45) is 1.14. The van der Waals surface area contributed by atoms with Crippen molar-refractivity contribution >= 4 is 0 Å². The largest absolute Gasteiger partial charge is 0.0613 e. The lowest BCUT2D eigenvalue weighted by atomic mass is 9.71. The maximum absolute atomic E-state index is 2.43. The number of hydrogen-bond acceptors (Lipinski definition) is 0. The molecule has 0 amide bonds. The molecule has 0 saturated heterocycles. The summed E-state index contributed by atoms with van der Waals surface area (Å²) in [5.41, 5.74) is 5.22. The molecule has 0 heteroatoms. The summed E-state index contributed by atoms with van der Waals surface area (Å²) in [6.45, 7) is 14.2. The molecule has 1 aliphatic rings. The van der Waals surface area contributed by atoms with Gasteiger partial charge in [0.05, 0.1) is 0 Å². The number of rotatable bonds is 1. The Balaban J connectivity index is 2.65. The Labute approximate surface area is 100 Å². The average Bonchev–Trinajstić information content (AvgIpc) is 2.38. The Morgan fingerprint density at radius 1 is 1.00 bits per heavy atom. The fourth-order valence-corrected chi connectivity index (χ4v) is 3.27. The van der Waals surface area contributed by atoms with E-state index in [1.54, 1.807) is 11.1 Å². The van der Waals surface area contributed by atoms with Crippen molar-refractivity contribution in [3.8, 4) is 0 Å². The van der Waals surface area contributed by atoms with Crippen LogP contribution in [0.4, 0.5) is 0 Å². The molecule has 0 aliphatic heterocycles. The summed E-state index contributed by atoms with van der Waals surface area (Å²) < 4.78 is 0. The first-order valence-electron chi connectivity index (χ1n) is 6.45. The third-order valence-corrected chi connectivity index (χ3v) is 5.05. The summed E-state index contributed by atoms with van der Waals surface area (Å²) in [5.74, 6) is 0.696. The zero-order valence-corrected chi connectivity index (χ0v) is 11.5. The topological polar surface area (TPSA) is 0 Å². The third-order valence-electron chi connectivity index (χ3n) is 5.05. The van der Waals surface area contributed by atoms with Crippen molar-refractivity contribution in [1.82, 2.24) is 0 Å². The Morgan fingerprint density at radius 3 is 2.12 bits per heavy atom. The van der Waals surface area contributed by atoms with E-state index >= 15 is 0 Å². The van der Waals surface area contributed by atoms with E-state index in [0.29, 0.717) is 16.7 Å². The van der Waals surface area contributed by atoms with Crippen LogP contribution in [0.25, 0.3) is 0 Å². The molecule has 1 aromatic rings. The molecular formula is C16H24. The van der Waals surface area contributed by atoms with E-state index in [4.69, 9.17) is 0 Å². The summed E-state index contributed by atoms with van der Waals surface area (Å²) in [5, 5.41) is 0. The van der Waals surface area contributed by atoms with Crippen LogP contribution in [0.1, 0.15) is 58.2 Å². The van der Waals surface area contributed by atoms with E-state index in [1.165, 1.54) is 5.56 Å². The second kappa shape index (κ2) is 3.35. The molecule has 0 fully saturated rings. The van der Waals surface area contributed by atoms with Crippen molar-refractivity contribution in [3.05, 3.63) is 34.9 Å². The number of benzene rings is 1. The van der Waals surface area contributed by atoms with Crippen LogP contribution in [-0.4, -0.2) is 0 Å². The van der Waals surface area contributed by atoms with E-state index in [1.807, 2.05) is 0 Å². The van der Waals surface area contributed by atoms with Gasteiger partial charge in [0.15, 0.2) is 0 Å². The Bertz CT molecular complexity index is 410. The van der Waals surface area contributed by atoms with Crippen LogP contribution < -0.4 is 0 Å². The Hall–Kier alpha value is -0.780. The smallest absolute Gasteiger partial charge is 0.00666 e. The minimum Gasteiger partial charge on any atom is -0.0613 e. The van der Waals surface area contributed by atoms with Crippen molar-refractivity contribution in [3.63, 3.8) is 0 Å². The van der Waals surface area contributed by atoms with Crippen molar-refractivity contribution in [2.45, 2.75) is 58.8 Å². The van der Waals surface area contributed by atoms with Crippen LogP contribution in [0, 0.1) is 5.92 Å². The van der Waals surface area contributed by atoms with E-state index < -0.39 is 0 Å². The molecule has 0 nitrogen and oxygen atoms in total. The summed E-state index contributed by atoms with van der Waals surface area (Å²) in [4.78, 5) is 0. The highest BCUT2D eigenvalue weighted by atomic mass is 14.5. The van der Waals surface area contributed by atoms with Gasteiger partial charge in [0.1, 0.15) is 0 Å². The molecule has 16 heavy (non-hydrogen) atoms. The quantitative estimate of drug-likeness (QED) is 0.650. The number of fused-ring (bicyclic) bond motifs is 1. The molecule has 0 saturated carbocycles. The van der Waals surface area contributed by atoms with Gasteiger partial charge in [-0.05, 0) is 39.9 Å². The molecule has 1 aromatic carbocycles. The maximum Gasteiger partial charge on any atom is -0.00666 e. The van der Waals surface area contributed by atoms with Gasteiger partial charge in [0, 0.05) is 0 Å². The monoisotopic (exact) mass is 216 g/mol. The minimum absolute atomic E-state index is 0.310. The first-order valence-corrected chi connectivity index (χ1v) is 6.45. The Morgan fingerprint density at radius 2 is 1.56 bits per heavy atom. The predicted molar refractivity (Wildman–Crippen MR) is 71.0 cm³/mol. The predicted octanol–water partition coefficient (Wildman–Crippen LogP) is 4.45. The van der Waals surface area contributed by atoms with E-state index in [0.717, 1.165) is 6.42 Å². The standard InChI is InChI=1S/C16H24/c1-7-12-8-9-13-14(10-12)16(5,6)11(2)15(13,3)4/h8-11H,7H2,1-6H3. The molecule has 0 N–H and O–H groups in total. The Kier molecular flexibility index (Phi) is 2.45. The van der Waals surface area contributed by atoms with Gasteiger partial charge >= 0.3 is 0 Å². The highest BCUT2D eigenvalue weighted by Gasteiger charge is 2.48. The third kappa shape index (κ3) is 1.35. The van der Waals surface area contributed by atoms with Crippen LogP contribution >= 0.6 is 0 Å². The normalized spacial score (nSPS) is 25.5. The second-order valence-corrected chi connectivity index (χ2v) is 6.40. The highest BCUT2D eigenvalue weighted by molar-refractivity contribution is 5.47. The summed E-state index contributed by atoms with van der Waals surface area (Å²) in [7, 11) is 0. The molecule has 0 heterocycles. The number of aryl methyl sites for hydroxylation is 1. The van der Waals surface area contributed by atoms with Crippen LogP contribution in [0.5, 0.6) is 0 Å². The molecule has 1 aliphatic carbocycles. The maximum atomic E-state index is 2.43. The second-order valence-electron chi connectivity index (χ2n) is 6.40. The van der Waals surface area contributed by atoms with Crippen molar-refractivity contribution in [1.29, 1.82) is 0 Å². The fourth-order valence-electron chi connectivity index (χ4n) is 3.27. The van der Waals surface area contributed by atoms with E-state index in [-0.39, 0.29) is 0 Å². The van der Waals surface area contributed by atoms with Crippen LogP contribution in [-0.2, 0) is 17.3 Å². The van der Waals surface area contributed by atoms with Gasteiger partial charge in [-0.3, -0.25) is 0 Å². The average molecular weight is 216 g/mol. The SMILES string of the molecule is CCc1ccc2c(c1)C(C)(C)C(C)C2(C)C. The molecule has 1 unspecified atom stereocenters. The zero-order chi connectivity index (χ0) is 12.1. The molecule has 0 aromatic heterocycles. The lowest BCUT2D eigenvalue weighted by molar-refractivity contribution is 0.264. The molecule has 0 radical (unpaired) electrons. The van der Waals surface area contributed by atoms with Gasteiger partial charge in [-0.25, -0.2) is 0 Å². The van der Waals surface area contributed by atoms with Gasteiger partial charge in [0.25, 0.3) is 0 Å². The fraction of sp³-hybridized carbons (Fsp3) is 0.625. The van der Waals surface area contributed by atoms with Crippen molar-refractivity contribution in [2.24, 2.45) is 5.92 Å². The van der Waals surface area contributed by atoms with Gasteiger partial charge in [-0.15, -0.1) is 0 Å². The summed E-state index contributed by atoms with van der Waals surface area (Å²) in [6, 6.07) is 7.09. The minimum atomic E-state index is 0.310. The van der Waals surface area contributed by atoms with Crippen molar-refractivity contribution in [2.75, 3.05) is 0 Å². The van der Waals surface area contributed by atoms with Gasteiger partial charge in [-0.1, -0.05) is 59.7 Å². The van der Waals surface area contributed by atoms with Crippen LogP contribution in [0.15, 0.2) is 18.2 Å². The molecule has 0 spiro atoms. The molecule has 88 valence electrons. The lowest BCUT2D eigenvalue weighted by Crippen LogP contribution is -2.30. The van der Waals surface area contributed by atoms with Crippen LogP contribution in [0.3, 0.4) is 0 Å². The van der Waals surface area contributed by atoms with Crippen molar-refractivity contribution < 1.29 is 0 Å². The molecule has 2 rings (SSSR count). The number of hydrogen-bond donors (Lipinski definition) is 0.